The van der Waals surface area contributed by atoms with Crippen molar-refractivity contribution in [3.8, 4) is 5.75 Å². The minimum atomic E-state index is 0.0715. The third-order valence-corrected chi connectivity index (χ3v) is 6.12. The summed E-state index contributed by atoms with van der Waals surface area (Å²) in [6.07, 6.45) is 0. The lowest BCUT2D eigenvalue weighted by Gasteiger charge is -2.36. The number of piperazine rings is 1. The van der Waals surface area contributed by atoms with E-state index in [0.29, 0.717) is 13.2 Å². The molecule has 0 amide bonds. The van der Waals surface area contributed by atoms with Crippen LogP contribution in [0.25, 0.3) is 0 Å². The van der Waals surface area contributed by atoms with Gasteiger partial charge < -0.3 is 19.8 Å². The fourth-order valence-electron chi connectivity index (χ4n) is 3.50. The number of aliphatic imine (C=N–C) groups is 1. The second-order valence-corrected chi connectivity index (χ2v) is 7.93. The lowest BCUT2D eigenvalue weighted by atomic mass is 10.1. The molecule has 7 heteroatoms. The Hall–Kier alpha value is -2.06. The minimum Gasteiger partial charge on any atom is -0.508 e. The zero-order valence-corrected chi connectivity index (χ0v) is 16.6. The first-order valence-corrected chi connectivity index (χ1v) is 10.4. The van der Waals surface area contributed by atoms with Gasteiger partial charge in [0.2, 0.25) is 0 Å². The summed E-state index contributed by atoms with van der Waals surface area (Å²) < 4.78 is 5.39. The third kappa shape index (κ3) is 4.33. The summed E-state index contributed by atoms with van der Waals surface area (Å²) in [6, 6.07) is 13.8. The van der Waals surface area contributed by atoms with Crippen LogP contribution < -0.4 is 0 Å². The molecule has 0 spiro atoms. The second kappa shape index (κ2) is 8.96. The van der Waals surface area contributed by atoms with Crippen LogP contribution in [0.5, 0.6) is 5.75 Å². The lowest BCUT2D eigenvalue weighted by molar-refractivity contribution is 0.0652. The van der Waals surface area contributed by atoms with Crippen LogP contribution in [0.3, 0.4) is 0 Å². The van der Waals surface area contributed by atoms with E-state index in [-0.39, 0.29) is 12.4 Å². The number of hydrogen-bond donors (Lipinski definition) is 2. The SMILES string of the molecule is OCCOCCN1CCN(C2=Nc3cc(O)ccc3Sc3ccccc32)CC1. The van der Waals surface area contributed by atoms with E-state index < -0.39 is 0 Å². The largest absolute Gasteiger partial charge is 0.508 e. The van der Waals surface area contributed by atoms with Gasteiger partial charge in [0, 0.05) is 54.1 Å². The Morgan fingerprint density at radius 1 is 1.00 bits per heavy atom. The summed E-state index contributed by atoms with van der Waals surface area (Å²) in [6.45, 7) is 5.68. The monoisotopic (exact) mass is 399 g/mol. The normalized spacial score (nSPS) is 16.9. The molecule has 0 aromatic heterocycles. The van der Waals surface area contributed by atoms with Gasteiger partial charge in [0.15, 0.2) is 0 Å². The predicted octanol–water partition coefficient (Wildman–Crippen LogP) is 2.56. The molecular formula is C21H25N3O3S. The van der Waals surface area contributed by atoms with Gasteiger partial charge in [-0.1, -0.05) is 30.0 Å². The first kappa shape index (κ1) is 19.3. The molecular weight excluding hydrogens is 374 g/mol. The van der Waals surface area contributed by atoms with Crippen molar-refractivity contribution in [3.05, 3.63) is 48.0 Å². The van der Waals surface area contributed by atoms with Crippen molar-refractivity contribution in [2.24, 2.45) is 4.99 Å². The van der Waals surface area contributed by atoms with Crippen LogP contribution in [0.2, 0.25) is 0 Å². The first-order valence-electron chi connectivity index (χ1n) is 9.59. The van der Waals surface area contributed by atoms with Crippen LogP contribution >= 0.6 is 11.8 Å². The molecule has 148 valence electrons. The van der Waals surface area contributed by atoms with Gasteiger partial charge in [0.1, 0.15) is 11.6 Å². The molecule has 0 bridgehead atoms. The van der Waals surface area contributed by atoms with E-state index >= 15 is 0 Å². The summed E-state index contributed by atoms with van der Waals surface area (Å²) >= 11 is 1.70. The lowest BCUT2D eigenvalue weighted by Crippen LogP contribution is -2.49. The summed E-state index contributed by atoms with van der Waals surface area (Å²) in [5.41, 5.74) is 1.96. The maximum Gasteiger partial charge on any atom is 0.137 e. The van der Waals surface area contributed by atoms with E-state index in [1.807, 2.05) is 6.07 Å². The molecule has 1 fully saturated rings. The van der Waals surface area contributed by atoms with E-state index in [0.717, 1.165) is 54.7 Å². The third-order valence-electron chi connectivity index (χ3n) is 4.98. The predicted molar refractivity (Wildman–Crippen MR) is 111 cm³/mol. The Labute approximate surface area is 169 Å². The maximum atomic E-state index is 9.92. The number of amidine groups is 1. The highest BCUT2D eigenvalue weighted by molar-refractivity contribution is 7.99. The van der Waals surface area contributed by atoms with E-state index in [4.69, 9.17) is 14.8 Å². The molecule has 2 aromatic carbocycles. The summed E-state index contributed by atoms with van der Waals surface area (Å²) in [7, 11) is 0. The number of rotatable bonds is 5. The topological polar surface area (TPSA) is 68.5 Å². The van der Waals surface area contributed by atoms with Crippen molar-refractivity contribution in [3.63, 3.8) is 0 Å². The van der Waals surface area contributed by atoms with Crippen LogP contribution in [0.15, 0.2) is 57.2 Å². The van der Waals surface area contributed by atoms with Crippen molar-refractivity contribution in [1.29, 1.82) is 0 Å². The number of ether oxygens (including phenoxy) is 1. The van der Waals surface area contributed by atoms with E-state index in [9.17, 15) is 5.11 Å². The van der Waals surface area contributed by atoms with Gasteiger partial charge in [0.25, 0.3) is 0 Å². The van der Waals surface area contributed by atoms with Crippen LogP contribution in [-0.2, 0) is 4.74 Å². The summed E-state index contributed by atoms with van der Waals surface area (Å²) in [5, 5.41) is 18.7. The molecule has 2 N–H and O–H groups in total. The molecule has 2 aromatic rings. The average Bonchev–Trinajstić information content (AvgIpc) is 2.88. The van der Waals surface area contributed by atoms with Crippen molar-refractivity contribution >= 4 is 23.3 Å². The Morgan fingerprint density at radius 2 is 1.82 bits per heavy atom. The van der Waals surface area contributed by atoms with Crippen LogP contribution in [-0.4, -0.2) is 78.4 Å². The highest BCUT2D eigenvalue weighted by Gasteiger charge is 2.25. The average molecular weight is 400 g/mol. The number of nitrogens with zero attached hydrogens (tertiary/aromatic N) is 3. The van der Waals surface area contributed by atoms with Gasteiger partial charge in [-0.05, 0) is 18.2 Å². The van der Waals surface area contributed by atoms with Crippen molar-refractivity contribution < 1.29 is 14.9 Å². The fraction of sp³-hybridized carbons (Fsp3) is 0.381. The first-order chi connectivity index (χ1) is 13.7. The number of aliphatic hydroxyl groups excluding tert-OH is 1. The molecule has 2 aliphatic heterocycles. The highest BCUT2D eigenvalue weighted by atomic mass is 32.2. The zero-order chi connectivity index (χ0) is 19.3. The number of benzene rings is 2. The molecule has 6 nitrogen and oxygen atoms in total. The van der Waals surface area contributed by atoms with E-state index in [2.05, 4.69) is 34.1 Å². The molecule has 0 radical (unpaired) electrons. The summed E-state index contributed by atoms with van der Waals surface area (Å²) in [5.74, 6) is 1.21. The number of fused-ring (bicyclic) bond motifs is 2. The second-order valence-electron chi connectivity index (χ2n) is 6.85. The number of aromatic hydroxyl groups is 1. The van der Waals surface area contributed by atoms with Gasteiger partial charge in [-0.15, -0.1) is 0 Å². The van der Waals surface area contributed by atoms with Gasteiger partial charge in [-0.3, -0.25) is 4.90 Å². The van der Waals surface area contributed by atoms with Crippen molar-refractivity contribution in [2.75, 3.05) is 52.5 Å². The van der Waals surface area contributed by atoms with Gasteiger partial charge >= 0.3 is 0 Å². The molecule has 2 heterocycles. The Balaban J connectivity index is 1.53. The Bertz CT molecular complexity index is 851. The summed E-state index contributed by atoms with van der Waals surface area (Å²) in [4.78, 5) is 11.9. The number of phenolic OH excluding ortho intramolecular Hbond substituents is 1. The van der Waals surface area contributed by atoms with Gasteiger partial charge in [-0.2, -0.15) is 0 Å². The Kier molecular flexibility index (Phi) is 6.17. The minimum absolute atomic E-state index is 0.0715. The quantitative estimate of drug-likeness (QED) is 0.754. The van der Waals surface area contributed by atoms with Gasteiger partial charge in [-0.25, -0.2) is 4.99 Å². The highest BCUT2D eigenvalue weighted by Crippen LogP contribution is 2.42. The van der Waals surface area contributed by atoms with E-state index in [1.54, 1.807) is 23.9 Å². The molecule has 0 aliphatic carbocycles. The molecule has 4 rings (SSSR count). The molecule has 0 atom stereocenters. The van der Waals surface area contributed by atoms with Crippen LogP contribution in [0, 0.1) is 0 Å². The molecule has 0 unspecified atom stereocenters. The molecule has 0 saturated carbocycles. The Morgan fingerprint density at radius 3 is 2.64 bits per heavy atom. The van der Waals surface area contributed by atoms with Gasteiger partial charge in [0.05, 0.1) is 25.5 Å². The zero-order valence-electron chi connectivity index (χ0n) is 15.8. The standard InChI is InChI=1S/C21H25N3O3S/c25-12-14-27-13-11-23-7-9-24(10-8-23)21-17-3-1-2-4-19(17)28-20-6-5-16(26)15-18(20)22-21/h1-6,15,25-26H,7-14H2. The smallest absolute Gasteiger partial charge is 0.137 e. The van der Waals surface area contributed by atoms with Crippen LogP contribution in [0.1, 0.15) is 5.56 Å². The molecule has 28 heavy (non-hydrogen) atoms. The number of phenols is 1. The van der Waals surface area contributed by atoms with Crippen molar-refractivity contribution in [1.82, 2.24) is 9.80 Å². The number of aliphatic hydroxyl groups is 1. The molecule has 2 aliphatic rings. The van der Waals surface area contributed by atoms with Crippen LogP contribution in [0.4, 0.5) is 5.69 Å². The number of hydrogen-bond acceptors (Lipinski definition) is 7. The maximum absolute atomic E-state index is 9.92. The fourth-order valence-corrected chi connectivity index (χ4v) is 4.50. The van der Waals surface area contributed by atoms with Crippen molar-refractivity contribution in [2.45, 2.75) is 9.79 Å². The van der Waals surface area contributed by atoms with E-state index in [1.165, 1.54) is 4.90 Å². The molecule has 1 saturated heterocycles.